The van der Waals surface area contributed by atoms with E-state index in [1.54, 1.807) is 39.8 Å². The standard InChI is InChI=1S/C42H41BF10NOP/c1-20-16-22(3)41(23(4)17-20)56(42-24(5)18-21(2)19-25(42)6)28-15-11-10-14-27(28)43(54(56)55-26-12-8-7-9-13-26,29-31(44)35(48)39(52)36(49)32(29)45)30-33(46)37(50)40(53)38(51)34(30)47/h8,12,16-19,26-28H,7,9-11,13-15H2,1-6H3/t26-,27-,28-/m0/s1. The van der Waals surface area contributed by atoms with Crippen LogP contribution in [-0.4, -0.2) is 22.4 Å². The van der Waals surface area contributed by atoms with Crippen molar-refractivity contribution >= 4 is 34.9 Å². The van der Waals surface area contributed by atoms with E-state index < -0.39 is 100 Å². The molecule has 1 aliphatic heterocycles. The first-order valence-corrected chi connectivity index (χ1v) is 20.6. The Balaban J connectivity index is 1.92. The Bertz CT molecular complexity index is 2180. The van der Waals surface area contributed by atoms with Crippen molar-refractivity contribution < 1.29 is 53.1 Å². The molecule has 1 saturated carbocycles. The normalized spacial score (nSPS) is 21.5. The van der Waals surface area contributed by atoms with Gasteiger partial charge in [-0.3, -0.25) is 4.40 Å². The van der Waals surface area contributed by atoms with E-state index in [1.165, 1.54) is 0 Å². The maximum Gasteiger partial charge on any atom is 0.377 e. The molecule has 4 aromatic rings. The average Bonchev–Trinajstić information content (AvgIpc) is 3.37. The van der Waals surface area contributed by atoms with Crippen LogP contribution in [0.5, 0.6) is 0 Å². The minimum atomic E-state index is -4.48. The molecule has 0 aromatic heterocycles. The molecule has 14 heteroatoms. The second-order valence-electron chi connectivity index (χ2n) is 15.9. The summed E-state index contributed by atoms with van der Waals surface area (Å²) in [7, 11) is -3.91. The maximum atomic E-state index is 17.0. The van der Waals surface area contributed by atoms with Crippen molar-refractivity contribution in [2.45, 2.75) is 104 Å². The molecule has 0 radical (unpaired) electrons. The second-order valence-corrected chi connectivity index (χ2v) is 19.2. The van der Waals surface area contributed by atoms with Crippen LogP contribution in [0, 0.1) is 99.7 Å². The zero-order chi connectivity index (χ0) is 40.8. The van der Waals surface area contributed by atoms with E-state index in [9.17, 15) is 8.78 Å². The first-order valence-electron chi connectivity index (χ1n) is 18.8. The number of hydrogen-bond acceptors (Lipinski definition) is 1. The van der Waals surface area contributed by atoms with Gasteiger partial charge in [-0.05, 0) is 89.5 Å². The smallest absolute Gasteiger partial charge is 0.290 e. The summed E-state index contributed by atoms with van der Waals surface area (Å²) < 4.78 is 162. The van der Waals surface area contributed by atoms with Crippen molar-refractivity contribution in [1.82, 2.24) is 0 Å². The fourth-order valence-electron chi connectivity index (χ4n) is 10.8. The van der Waals surface area contributed by atoms with Gasteiger partial charge < -0.3 is 0 Å². The molecule has 1 fully saturated rings. The minimum Gasteiger partial charge on any atom is -0.290 e. The highest BCUT2D eigenvalue weighted by molar-refractivity contribution is 7.81. The van der Waals surface area contributed by atoms with Crippen molar-refractivity contribution in [1.29, 1.82) is 0 Å². The quantitative estimate of drug-likeness (QED) is 0.0472. The third-order valence-electron chi connectivity index (χ3n) is 12.3. The van der Waals surface area contributed by atoms with Gasteiger partial charge in [0.05, 0.1) is 0 Å². The fraction of sp³-hybridized carbons (Fsp3) is 0.381. The number of nitrogens with zero attached hydrogens (tertiary/aromatic N) is 1. The summed E-state index contributed by atoms with van der Waals surface area (Å²) >= 11 is 0. The monoisotopic (exact) mass is 807 g/mol. The lowest BCUT2D eigenvalue weighted by molar-refractivity contribution is -0.690. The summed E-state index contributed by atoms with van der Waals surface area (Å²) in [6, 6.07) is 7.46. The van der Waals surface area contributed by atoms with Crippen LogP contribution in [0.25, 0.3) is 0 Å². The molecule has 0 saturated heterocycles. The first kappa shape index (κ1) is 40.4. The lowest BCUT2D eigenvalue weighted by atomic mass is 9.20. The Morgan fingerprint density at radius 1 is 0.536 bits per heavy atom. The molecule has 3 aliphatic rings. The topological polar surface area (TPSA) is 12.2 Å². The Kier molecular flexibility index (Phi) is 10.5. The largest absolute Gasteiger partial charge is 0.377 e. The summed E-state index contributed by atoms with van der Waals surface area (Å²) in [6.07, 6.45) is 0.188. The lowest BCUT2D eigenvalue weighted by Crippen LogP contribution is -2.72. The van der Waals surface area contributed by atoms with E-state index in [4.69, 9.17) is 4.84 Å². The maximum absolute atomic E-state index is 17.0. The van der Waals surface area contributed by atoms with Crippen molar-refractivity contribution in [2.24, 2.45) is 0 Å². The lowest BCUT2D eigenvalue weighted by Gasteiger charge is -2.41. The minimum absolute atomic E-state index is 0.125. The summed E-state index contributed by atoms with van der Waals surface area (Å²) in [5.41, 5.74) is 0.00946. The highest BCUT2D eigenvalue weighted by atomic mass is 31.2. The Labute approximate surface area is 319 Å². The highest BCUT2D eigenvalue weighted by Gasteiger charge is 2.70. The van der Waals surface area contributed by atoms with Crippen molar-refractivity contribution in [3.8, 4) is 0 Å². The zero-order valence-electron chi connectivity index (χ0n) is 31.8. The van der Waals surface area contributed by atoms with Crippen LogP contribution >= 0.6 is 7.05 Å². The van der Waals surface area contributed by atoms with E-state index in [2.05, 4.69) is 0 Å². The molecule has 4 aromatic carbocycles. The van der Waals surface area contributed by atoms with Crippen LogP contribution in [0.4, 0.5) is 43.9 Å². The van der Waals surface area contributed by atoms with Gasteiger partial charge in [-0.2, -0.15) is 4.84 Å². The van der Waals surface area contributed by atoms with Crippen LogP contribution in [-0.2, 0) is 4.84 Å². The second kappa shape index (κ2) is 14.5. The number of hydrogen-bond donors (Lipinski definition) is 0. The van der Waals surface area contributed by atoms with Gasteiger partial charge in [-0.25, -0.2) is 43.9 Å². The molecular weight excluding hydrogens is 766 g/mol. The molecule has 0 bridgehead atoms. The van der Waals surface area contributed by atoms with E-state index in [1.807, 2.05) is 38.1 Å². The molecule has 2 aliphatic carbocycles. The molecule has 1 heterocycles. The van der Waals surface area contributed by atoms with Gasteiger partial charge in [0.1, 0.15) is 36.4 Å². The molecule has 0 N–H and O–H groups in total. The predicted molar refractivity (Wildman–Crippen MR) is 199 cm³/mol. The van der Waals surface area contributed by atoms with Crippen LogP contribution in [0.15, 0.2) is 36.4 Å². The number of benzene rings is 4. The number of rotatable bonds is 6. The van der Waals surface area contributed by atoms with E-state index in [0.29, 0.717) is 52.1 Å². The molecule has 298 valence electrons. The summed E-state index contributed by atoms with van der Waals surface area (Å²) in [6.45, 7) is 10.9. The van der Waals surface area contributed by atoms with Crippen molar-refractivity contribution in [2.75, 3.05) is 0 Å². The van der Waals surface area contributed by atoms with Crippen molar-refractivity contribution in [3.63, 3.8) is 0 Å². The SMILES string of the molecule is Cc1cc(C)c(P2(c3c(C)cc(C)cc3C)=[N+](O[C@H]3C=CCCC3)[B-](c3c(F)c(F)c(F)c(F)c3F)(c3c(F)c(F)c(F)c(F)c3F)[C@H]3CCCC[C@@H]32)c(C)c1. The molecule has 0 unspecified atom stereocenters. The molecular formula is C42H41BF10NOP. The summed E-state index contributed by atoms with van der Waals surface area (Å²) in [5.74, 6) is -25.9. The summed E-state index contributed by atoms with van der Waals surface area (Å²) in [5, 5.41) is 1.15. The van der Waals surface area contributed by atoms with E-state index >= 15 is 35.1 Å². The molecule has 2 nitrogen and oxygen atoms in total. The Hall–Kier alpha value is -3.83. The number of halogens is 10. The van der Waals surface area contributed by atoms with E-state index in [-0.39, 0.29) is 25.7 Å². The fourth-order valence-corrected chi connectivity index (χ4v) is 17.6. The van der Waals surface area contributed by atoms with Gasteiger partial charge in [0, 0.05) is 16.3 Å². The van der Waals surface area contributed by atoms with Crippen LogP contribution < -0.4 is 21.5 Å². The predicted octanol–water partition coefficient (Wildman–Crippen LogP) is 10.2. The third-order valence-corrected chi connectivity index (χ3v) is 17.8. The van der Waals surface area contributed by atoms with Crippen LogP contribution in [0.2, 0.25) is 5.82 Å². The number of fused-ring (bicyclic) bond motifs is 1. The van der Waals surface area contributed by atoms with Gasteiger partial charge in [-0.1, -0.05) is 83.5 Å². The molecule has 3 atom stereocenters. The molecule has 56 heavy (non-hydrogen) atoms. The zero-order valence-corrected chi connectivity index (χ0v) is 32.7. The third kappa shape index (κ3) is 5.60. The van der Waals surface area contributed by atoms with Crippen LogP contribution in [0.1, 0.15) is 78.3 Å². The van der Waals surface area contributed by atoms with Gasteiger partial charge in [0.15, 0.2) is 34.9 Å². The number of aryl methyl sites for hydroxylation is 6. The van der Waals surface area contributed by atoms with Crippen molar-refractivity contribution in [3.05, 3.63) is 128 Å². The van der Waals surface area contributed by atoms with Gasteiger partial charge in [0.25, 0.3) is 0 Å². The molecule has 0 amide bonds. The first-order chi connectivity index (χ1) is 26.4. The Morgan fingerprint density at radius 2 is 0.929 bits per heavy atom. The number of allylic oxidation sites excluding steroid dienone is 1. The van der Waals surface area contributed by atoms with Gasteiger partial charge in [0.2, 0.25) is 0 Å². The molecule has 0 spiro atoms. The van der Waals surface area contributed by atoms with E-state index in [0.717, 1.165) is 15.5 Å². The van der Waals surface area contributed by atoms with Gasteiger partial charge in [-0.15, -0.1) is 0 Å². The Morgan fingerprint density at radius 3 is 1.32 bits per heavy atom. The average molecular weight is 808 g/mol. The van der Waals surface area contributed by atoms with Crippen LogP contribution in [0.3, 0.4) is 0 Å². The highest BCUT2D eigenvalue weighted by Crippen LogP contribution is 2.69. The molecule has 7 rings (SSSR count). The van der Waals surface area contributed by atoms with Gasteiger partial charge >= 0.3 is 6.28 Å². The summed E-state index contributed by atoms with van der Waals surface area (Å²) in [4.78, 5) is 6.99.